The second kappa shape index (κ2) is 7.35. The van der Waals surface area contributed by atoms with Crippen LogP contribution in [-0.4, -0.2) is 24.6 Å². The van der Waals surface area contributed by atoms with Gasteiger partial charge in [0.25, 0.3) is 0 Å². The highest BCUT2D eigenvalue weighted by Gasteiger charge is 2.61. The zero-order chi connectivity index (χ0) is 21.0. The Hall–Kier alpha value is -1.45. The molecule has 0 N–H and O–H groups in total. The van der Waals surface area contributed by atoms with E-state index >= 15 is 0 Å². The van der Waals surface area contributed by atoms with Crippen molar-refractivity contribution >= 4 is 17.5 Å². The molecule has 7 atom stereocenters. The highest BCUT2D eigenvalue weighted by molar-refractivity contribution is 6.05. The average Bonchev–Trinajstić information content (AvgIpc) is 3.05. The standard InChI is InChI=1S/C25H36O4/c1-15(5-8-23(28)29-4)18-6-7-19-17-14-22(27)21-13-16(26)9-11-25(21,3)20(17)10-12-24(18,19)2/h13,15,17-20H,5-12,14H2,1-4H3/t15-,17+,18-,19+,20+,24-,25-/m1/s1. The van der Waals surface area contributed by atoms with Crippen LogP contribution in [0.2, 0.25) is 0 Å². The van der Waals surface area contributed by atoms with Gasteiger partial charge >= 0.3 is 5.97 Å². The van der Waals surface area contributed by atoms with Crippen LogP contribution in [0.3, 0.4) is 0 Å². The first-order valence-electron chi connectivity index (χ1n) is 11.6. The van der Waals surface area contributed by atoms with Gasteiger partial charge in [-0.05, 0) is 85.0 Å². The summed E-state index contributed by atoms with van der Waals surface area (Å²) in [5.41, 5.74) is 0.989. The molecule has 0 aromatic carbocycles. The number of rotatable bonds is 4. The van der Waals surface area contributed by atoms with E-state index in [-0.39, 0.29) is 28.4 Å². The van der Waals surface area contributed by atoms with Gasteiger partial charge in [0.1, 0.15) is 0 Å². The van der Waals surface area contributed by atoms with E-state index in [1.807, 2.05) is 0 Å². The van der Waals surface area contributed by atoms with Crippen molar-refractivity contribution in [2.24, 2.45) is 40.4 Å². The fraction of sp³-hybridized carbons (Fsp3) is 0.800. The lowest BCUT2D eigenvalue weighted by Crippen LogP contribution is -2.53. The lowest BCUT2D eigenvalue weighted by Gasteiger charge is -2.57. The molecule has 0 aromatic heterocycles. The minimum atomic E-state index is -0.114. The fourth-order valence-corrected chi connectivity index (χ4v) is 8.01. The van der Waals surface area contributed by atoms with Crippen LogP contribution in [0.4, 0.5) is 0 Å². The topological polar surface area (TPSA) is 60.4 Å². The fourth-order valence-electron chi connectivity index (χ4n) is 8.01. The highest BCUT2D eigenvalue weighted by Crippen LogP contribution is 2.67. The molecule has 4 rings (SSSR count). The number of carbonyl (C=O) groups is 3. The van der Waals surface area contributed by atoms with E-state index in [0.29, 0.717) is 48.9 Å². The van der Waals surface area contributed by atoms with Gasteiger partial charge in [0.2, 0.25) is 0 Å². The summed E-state index contributed by atoms with van der Waals surface area (Å²) in [6.07, 6.45) is 9.90. The number of hydrogen-bond acceptors (Lipinski definition) is 4. The third kappa shape index (κ3) is 3.21. The summed E-state index contributed by atoms with van der Waals surface area (Å²) in [6, 6.07) is 0. The quantitative estimate of drug-likeness (QED) is 0.630. The summed E-state index contributed by atoms with van der Waals surface area (Å²) in [5.74, 6) is 2.93. The molecule has 0 saturated heterocycles. The van der Waals surface area contributed by atoms with Gasteiger partial charge in [-0.2, -0.15) is 0 Å². The molecule has 4 heteroatoms. The maximum atomic E-state index is 13.1. The smallest absolute Gasteiger partial charge is 0.305 e. The number of hydrogen-bond donors (Lipinski definition) is 0. The molecule has 0 spiro atoms. The molecule has 0 aromatic rings. The van der Waals surface area contributed by atoms with Crippen LogP contribution < -0.4 is 0 Å². The molecule has 0 radical (unpaired) electrons. The van der Waals surface area contributed by atoms with Crippen molar-refractivity contribution in [3.8, 4) is 0 Å². The summed E-state index contributed by atoms with van der Waals surface area (Å²) in [5, 5.41) is 0. The minimum absolute atomic E-state index is 0.107. The van der Waals surface area contributed by atoms with Crippen molar-refractivity contribution in [2.45, 2.75) is 78.6 Å². The van der Waals surface area contributed by atoms with Crippen molar-refractivity contribution in [2.75, 3.05) is 7.11 Å². The molecule has 0 unspecified atom stereocenters. The summed E-state index contributed by atoms with van der Waals surface area (Å²) >= 11 is 0. The molecular weight excluding hydrogens is 364 g/mol. The molecule has 160 valence electrons. The molecule has 0 aliphatic heterocycles. The van der Waals surface area contributed by atoms with Gasteiger partial charge in [-0.15, -0.1) is 0 Å². The summed E-state index contributed by atoms with van der Waals surface area (Å²) in [6.45, 7) is 7.02. The normalized spacial score (nSPS) is 42.4. The Bertz CT molecular complexity index is 752. The number of fused-ring (bicyclic) bond motifs is 5. The van der Waals surface area contributed by atoms with Crippen LogP contribution >= 0.6 is 0 Å². The Morgan fingerprint density at radius 2 is 1.93 bits per heavy atom. The van der Waals surface area contributed by atoms with Gasteiger partial charge < -0.3 is 4.74 Å². The molecule has 3 fully saturated rings. The van der Waals surface area contributed by atoms with E-state index in [1.54, 1.807) is 6.08 Å². The molecule has 4 nitrogen and oxygen atoms in total. The van der Waals surface area contributed by atoms with E-state index in [2.05, 4.69) is 20.8 Å². The van der Waals surface area contributed by atoms with Crippen molar-refractivity contribution in [1.29, 1.82) is 0 Å². The Morgan fingerprint density at radius 1 is 1.17 bits per heavy atom. The lowest BCUT2D eigenvalue weighted by molar-refractivity contribution is -0.141. The third-order valence-electron chi connectivity index (χ3n) is 9.58. The largest absolute Gasteiger partial charge is 0.469 e. The number of allylic oxidation sites excluding steroid dienone is 1. The van der Waals surface area contributed by atoms with Gasteiger partial charge in [-0.25, -0.2) is 0 Å². The number of Topliss-reactive ketones (excluding diaryl/α,β-unsaturated/α-hetero) is 1. The summed E-state index contributed by atoms with van der Waals surface area (Å²) in [4.78, 5) is 36.7. The van der Waals surface area contributed by atoms with Crippen molar-refractivity contribution in [3.63, 3.8) is 0 Å². The van der Waals surface area contributed by atoms with Crippen LogP contribution in [0.15, 0.2) is 11.6 Å². The van der Waals surface area contributed by atoms with Gasteiger partial charge in [0, 0.05) is 24.8 Å². The molecule has 29 heavy (non-hydrogen) atoms. The molecule has 0 amide bonds. The Labute approximate surface area is 174 Å². The zero-order valence-electron chi connectivity index (χ0n) is 18.5. The molecule has 3 saturated carbocycles. The molecular formula is C25H36O4. The summed E-state index contributed by atoms with van der Waals surface area (Å²) in [7, 11) is 1.46. The molecule has 4 aliphatic rings. The van der Waals surface area contributed by atoms with Gasteiger partial charge in [0.05, 0.1) is 7.11 Å². The van der Waals surface area contributed by atoms with Crippen molar-refractivity contribution < 1.29 is 19.1 Å². The second-order valence-corrected chi connectivity index (χ2v) is 10.8. The maximum absolute atomic E-state index is 13.1. The highest BCUT2D eigenvalue weighted by atomic mass is 16.5. The number of methoxy groups -OCH3 is 1. The molecule has 0 heterocycles. The summed E-state index contributed by atoms with van der Waals surface area (Å²) < 4.78 is 4.84. The van der Waals surface area contributed by atoms with Crippen molar-refractivity contribution in [1.82, 2.24) is 0 Å². The van der Waals surface area contributed by atoms with Crippen LogP contribution in [0.25, 0.3) is 0 Å². The van der Waals surface area contributed by atoms with Gasteiger partial charge in [0.15, 0.2) is 11.6 Å². The maximum Gasteiger partial charge on any atom is 0.305 e. The zero-order valence-corrected chi connectivity index (χ0v) is 18.5. The van der Waals surface area contributed by atoms with E-state index in [4.69, 9.17) is 4.74 Å². The predicted molar refractivity (Wildman–Crippen MR) is 111 cm³/mol. The second-order valence-electron chi connectivity index (χ2n) is 10.8. The van der Waals surface area contributed by atoms with Gasteiger partial charge in [-0.1, -0.05) is 20.8 Å². The monoisotopic (exact) mass is 400 g/mol. The van der Waals surface area contributed by atoms with E-state index in [0.717, 1.165) is 24.8 Å². The van der Waals surface area contributed by atoms with Crippen LogP contribution in [0.5, 0.6) is 0 Å². The minimum Gasteiger partial charge on any atom is -0.469 e. The van der Waals surface area contributed by atoms with Crippen LogP contribution in [0.1, 0.15) is 78.6 Å². The lowest BCUT2D eigenvalue weighted by atomic mass is 9.46. The first-order chi connectivity index (χ1) is 13.7. The Balaban J connectivity index is 1.56. The average molecular weight is 401 g/mol. The SMILES string of the molecule is COC(=O)CC[C@@H](C)[C@H]1CC[C@H]2[C@@H]3CC(=O)C4=CC(=O)CC[C@]4(C)[C@H]3CC[C@]12C. The van der Waals surface area contributed by atoms with E-state index < -0.39 is 0 Å². The van der Waals surface area contributed by atoms with Gasteiger partial charge in [-0.3, -0.25) is 14.4 Å². The number of esters is 1. The predicted octanol–water partition coefficient (Wildman–Crippen LogP) is 4.90. The first-order valence-corrected chi connectivity index (χ1v) is 11.6. The van der Waals surface area contributed by atoms with Crippen molar-refractivity contribution in [3.05, 3.63) is 11.6 Å². The molecule has 4 aliphatic carbocycles. The molecule has 0 bridgehead atoms. The van der Waals surface area contributed by atoms with Crippen LogP contribution in [-0.2, 0) is 19.1 Å². The van der Waals surface area contributed by atoms with Crippen LogP contribution in [0, 0.1) is 40.4 Å². The third-order valence-corrected chi connectivity index (χ3v) is 9.58. The first kappa shape index (κ1) is 20.8. The Kier molecular flexibility index (Phi) is 5.28. The number of carbonyl (C=O) groups excluding carboxylic acids is 3. The van der Waals surface area contributed by atoms with E-state index in [1.165, 1.54) is 26.4 Å². The number of ether oxygens (including phenoxy) is 1. The van der Waals surface area contributed by atoms with E-state index in [9.17, 15) is 14.4 Å². The number of ketones is 2. The Morgan fingerprint density at radius 3 is 2.66 bits per heavy atom.